The predicted molar refractivity (Wildman–Crippen MR) is 151 cm³/mol. The molecule has 8 heteroatoms. The molecule has 1 aromatic carbocycles. The van der Waals surface area contributed by atoms with E-state index in [2.05, 4.69) is 33.9 Å². The number of carbonyl (C=O) groups excluding carboxylic acids is 1. The van der Waals surface area contributed by atoms with E-state index in [0.29, 0.717) is 26.1 Å². The van der Waals surface area contributed by atoms with Gasteiger partial charge in [0.25, 0.3) is 0 Å². The van der Waals surface area contributed by atoms with Crippen LogP contribution in [0, 0.1) is 0 Å². The molecule has 0 aliphatic carbocycles. The second kappa shape index (κ2) is 12.2. The summed E-state index contributed by atoms with van der Waals surface area (Å²) in [4.78, 5) is 11.8. The van der Waals surface area contributed by atoms with Crippen LogP contribution in [0.3, 0.4) is 0 Å². The summed E-state index contributed by atoms with van der Waals surface area (Å²) in [5.74, 6) is -0.0732. The summed E-state index contributed by atoms with van der Waals surface area (Å²) in [7, 11) is -0.423. The van der Waals surface area contributed by atoms with Crippen molar-refractivity contribution in [2.75, 3.05) is 13.7 Å². The number of hydrogen-bond donors (Lipinski definition) is 0. The van der Waals surface area contributed by atoms with E-state index in [1.54, 1.807) is 7.11 Å². The molecule has 0 unspecified atom stereocenters. The highest BCUT2D eigenvalue weighted by atomic mass is 28.4. The van der Waals surface area contributed by atoms with Gasteiger partial charge in [-0.3, -0.25) is 4.79 Å². The monoisotopic (exact) mass is 548 g/mol. The van der Waals surface area contributed by atoms with E-state index in [0.717, 1.165) is 24.2 Å². The zero-order valence-electron chi connectivity index (χ0n) is 24.8. The summed E-state index contributed by atoms with van der Waals surface area (Å²) in [6.45, 7) is 18.1. The van der Waals surface area contributed by atoms with Crippen LogP contribution in [0.1, 0.15) is 72.8 Å². The van der Waals surface area contributed by atoms with Crippen LogP contribution in [0.5, 0.6) is 5.75 Å². The van der Waals surface area contributed by atoms with Gasteiger partial charge < -0.3 is 28.1 Å². The second-order valence-corrected chi connectivity index (χ2v) is 17.4. The summed E-state index contributed by atoms with van der Waals surface area (Å²) in [5, 5.41) is 0.0571. The van der Waals surface area contributed by atoms with Crippen LogP contribution in [0.25, 0.3) is 0 Å². The van der Waals surface area contributed by atoms with Crippen molar-refractivity contribution in [1.82, 2.24) is 0 Å². The van der Waals surface area contributed by atoms with E-state index in [9.17, 15) is 4.79 Å². The zero-order chi connectivity index (χ0) is 28.2. The fourth-order valence-corrected chi connectivity index (χ4v) is 6.03. The highest BCUT2D eigenvalue weighted by Crippen LogP contribution is 2.42. The first-order valence-corrected chi connectivity index (χ1v) is 16.7. The van der Waals surface area contributed by atoms with E-state index in [-0.39, 0.29) is 29.3 Å². The molecule has 2 fully saturated rings. The molecule has 0 radical (unpaired) electrons. The summed E-state index contributed by atoms with van der Waals surface area (Å²) in [5.41, 5.74) is 0.381. The van der Waals surface area contributed by atoms with Crippen molar-refractivity contribution >= 4 is 14.3 Å². The number of ether oxygens (including phenoxy) is 5. The van der Waals surface area contributed by atoms with Crippen LogP contribution in [-0.4, -0.2) is 57.7 Å². The molecule has 2 aliphatic heterocycles. The van der Waals surface area contributed by atoms with Crippen molar-refractivity contribution in [2.45, 2.75) is 122 Å². The number of benzene rings is 1. The van der Waals surface area contributed by atoms with Crippen molar-refractivity contribution in [2.24, 2.45) is 0 Å². The highest BCUT2D eigenvalue weighted by Gasteiger charge is 2.50. The molecule has 0 saturated carbocycles. The van der Waals surface area contributed by atoms with Crippen LogP contribution in [-0.2, 0) is 34.8 Å². The van der Waals surface area contributed by atoms with Gasteiger partial charge in [0.1, 0.15) is 17.5 Å². The maximum atomic E-state index is 11.8. The smallest absolute Gasteiger partial charge is 0.306 e. The van der Waals surface area contributed by atoms with Crippen LogP contribution in [0.15, 0.2) is 36.4 Å². The normalized spacial score (nSPS) is 26.9. The van der Waals surface area contributed by atoms with Gasteiger partial charge in [-0.15, -0.1) is 0 Å². The molecule has 0 N–H and O–H groups in total. The largest absolute Gasteiger partial charge is 0.497 e. The molecule has 214 valence electrons. The number of carbonyl (C=O) groups is 1. The van der Waals surface area contributed by atoms with Crippen LogP contribution < -0.4 is 4.74 Å². The Kier molecular flexibility index (Phi) is 9.90. The first-order valence-electron chi connectivity index (χ1n) is 13.8. The summed E-state index contributed by atoms with van der Waals surface area (Å²) < 4.78 is 36.7. The lowest BCUT2D eigenvalue weighted by Crippen LogP contribution is -2.47. The summed E-state index contributed by atoms with van der Waals surface area (Å²) in [6.07, 6.45) is 6.08. The van der Waals surface area contributed by atoms with Crippen LogP contribution in [0.4, 0.5) is 0 Å². The molecule has 0 bridgehead atoms. The third kappa shape index (κ3) is 8.39. The predicted octanol–water partition coefficient (Wildman–Crippen LogP) is 6.55. The lowest BCUT2D eigenvalue weighted by molar-refractivity contribution is -0.156. The third-order valence-corrected chi connectivity index (χ3v) is 12.3. The molecule has 0 amide bonds. The van der Waals surface area contributed by atoms with Gasteiger partial charge in [0, 0.05) is 12.8 Å². The van der Waals surface area contributed by atoms with Gasteiger partial charge in [-0.25, -0.2) is 0 Å². The van der Waals surface area contributed by atoms with Crippen molar-refractivity contribution in [1.29, 1.82) is 0 Å². The van der Waals surface area contributed by atoms with E-state index in [1.165, 1.54) is 0 Å². The standard InChI is InChI=1S/C30H48O7Si/c1-28(2,3)38(8,9)36-25(21-33-20-22-13-15-23(32-7)16-14-22)19-26-30(6,37-29(4,5)35-26)18-17-24-11-10-12-27(31)34-24/h13-18,24-26H,10-12,19-21H2,1-9H3/b18-17+/t24-,25-,26-,30-/m1/s1. The van der Waals surface area contributed by atoms with Crippen molar-refractivity contribution < 1.29 is 32.9 Å². The number of cyclic esters (lactones) is 1. The van der Waals surface area contributed by atoms with Gasteiger partial charge in [-0.2, -0.15) is 0 Å². The first-order chi connectivity index (χ1) is 17.6. The summed E-state index contributed by atoms with van der Waals surface area (Å²) in [6, 6.07) is 7.91. The zero-order valence-corrected chi connectivity index (χ0v) is 25.8. The Hall–Kier alpha value is -1.71. The average molecular weight is 549 g/mol. The Morgan fingerprint density at radius 1 is 1.16 bits per heavy atom. The molecular formula is C30H48O7Si. The number of hydrogen-bond acceptors (Lipinski definition) is 7. The molecule has 2 aliphatic rings. The maximum Gasteiger partial charge on any atom is 0.306 e. The van der Waals surface area contributed by atoms with Gasteiger partial charge in [0.05, 0.1) is 32.5 Å². The first kappa shape index (κ1) is 30.8. The lowest BCUT2D eigenvalue weighted by atomic mass is 9.93. The van der Waals surface area contributed by atoms with Crippen LogP contribution in [0.2, 0.25) is 18.1 Å². The lowest BCUT2D eigenvalue weighted by Gasteiger charge is -2.40. The Bertz CT molecular complexity index is 950. The highest BCUT2D eigenvalue weighted by molar-refractivity contribution is 6.74. The Labute approximate surface area is 230 Å². The van der Waals surface area contributed by atoms with Gasteiger partial charge in [-0.1, -0.05) is 39.0 Å². The van der Waals surface area contributed by atoms with Gasteiger partial charge >= 0.3 is 5.97 Å². The van der Waals surface area contributed by atoms with Gasteiger partial charge in [-0.05, 0) is 75.5 Å². The Balaban J connectivity index is 1.75. The minimum absolute atomic E-state index is 0.0571. The molecular weight excluding hydrogens is 500 g/mol. The van der Waals surface area contributed by atoms with E-state index < -0.39 is 19.7 Å². The molecule has 0 spiro atoms. The van der Waals surface area contributed by atoms with Crippen molar-refractivity contribution in [3.05, 3.63) is 42.0 Å². The van der Waals surface area contributed by atoms with E-state index in [4.69, 9.17) is 28.1 Å². The second-order valence-electron chi connectivity index (χ2n) is 12.7. The Morgan fingerprint density at radius 3 is 2.45 bits per heavy atom. The van der Waals surface area contributed by atoms with Gasteiger partial charge in [0.15, 0.2) is 14.1 Å². The molecule has 0 aromatic heterocycles. The topological polar surface area (TPSA) is 72.5 Å². The number of esters is 1. The third-order valence-electron chi connectivity index (χ3n) is 7.80. The van der Waals surface area contributed by atoms with Crippen molar-refractivity contribution in [3.8, 4) is 5.75 Å². The molecule has 3 rings (SSSR count). The molecule has 38 heavy (non-hydrogen) atoms. The summed E-state index contributed by atoms with van der Waals surface area (Å²) >= 11 is 0. The van der Waals surface area contributed by atoms with Crippen molar-refractivity contribution in [3.63, 3.8) is 0 Å². The van der Waals surface area contributed by atoms with Crippen LogP contribution >= 0.6 is 0 Å². The Morgan fingerprint density at radius 2 is 1.84 bits per heavy atom. The SMILES string of the molecule is COc1ccc(COC[C@@H](C[C@H]2OC(C)(C)O[C@]2(C)/C=C/[C@H]2CCCC(=O)O2)O[Si](C)(C)C(C)(C)C)cc1. The minimum atomic E-state index is -2.09. The fourth-order valence-electron chi connectivity index (χ4n) is 4.68. The average Bonchev–Trinajstić information content (AvgIpc) is 3.05. The van der Waals surface area contributed by atoms with E-state index in [1.807, 2.05) is 57.2 Å². The molecule has 2 heterocycles. The molecule has 7 nitrogen and oxygen atoms in total. The fraction of sp³-hybridized carbons (Fsp3) is 0.700. The van der Waals surface area contributed by atoms with E-state index >= 15 is 0 Å². The number of rotatable bonds is 11. The minimum Gasteiger partial charge on any atom is -0.497 e. The molecule has 1 aromatic rings. The molecule has 4 atom stereocenters. The number of methoxy groups -OCH3 is 1. The quantitative estimate of drug-likeness (QED) is 0.176. The molecule has 2 saturated heterocycles. The maximum absolute atomic E-state index is 11.8. The van der Waals surface area contributed by atoms with Gasteiger partial charge in [0.2, 0.25) is 0 Å².